The predicted molar refractivity (Wildman–Crippen MR) is 105 cm³/mol. The van der Waals surface area contributed by atoms with Gasteiger partial charge in [-0.05, 0) is 0 Å². The average Bonchev–Trinajstić information content (AvgIpc) is 2.95. The molecule has 1 amide bonds. The van der Waals surface area contributed by atoms with Crippen LogP contribution in [0.2, 0.25) is 0 Å². The molecule has 0 aliphatic carbocycles. The fraction of sp³-hybridized carbons (Fsp3) is 0.300. The summed E-state index contributed by atoms with van der Waals surface area (Å²) in [5.41, 5.74) is 12.4. The summed E-state index contributed by atoms with van der Waals surface area (Å²) in [6.45, 7) is 6.09. The quantitative estimate of drug-likeness (QED) is 0.599. The molecule has 0 bridgehead atoms. The van der Waals surface area contributed by atoms with E-state index >= 15 is 0 Å². The molecule has 0 aliphatic rings. The van der Waals surface area contributed by atoms with E-state index in [-0.39, 0.29) is 6.61 Å². The summed E-state index contributed by atoms with van der Waals surface area (Å²) >= 11 is -0.573. The summed E-state index contributed by atoms with van der Waals surface area (Å²) in [6.07, 6.45) is 2.70. The Morgan fingerprint density at radius 3 is 2.77 bits per heavy atom. The zero-order valence-corrected chi connectivity index (χ0v) is 17.4. The van der Waals surface area contributed by atoms with Crippen molar-refractivity contribution in [1.82, 2.24) is 9.38 Å². The number of fused-ring (bicyclic) bond motifs is 1. The van der Waals surface area contributed by atoms with Crippen molar-refractivity contribution in [3.05, 3.63) is 64.1 Å². The van der Waals surface area contributed by atoms with Crippen LogP contribution >= 0.6 is 0 Å². The molecule has 1 atom stereocenters. The molecule has 3 aromatic rings. The van der Waals surface area contributed by atoms with Gasteiger partial charge in [-0.3, -0.25) is 0 Å². The third-order valence-electron chi connectivity index (χ3n) is 4.80. The Kier molecular flexibility index (Phi) is 5.49. The maximum atomic E-state index is 11.8. The number of hydrogen-bond donors (Lipinski definition) is 2. The molecule has 26 heavy (non-hydrogen) atoms. The van der Waals surface area contributed by atoms with Crippen molar-refractivity contribution in [2.24, 2.45) is 5.73 Å². The van der Waals surface area contributed by atoms with Gasteiger partial charge in [-0.15, -0.1) is 0 Å². The number of aromatic nitrogens is 2. The molecule has 5 nitrogen and oxygen atoms in total. The first kappa shape index (κ1) is 18.7. The van der Waals surface area contributed by atoms with E-state index in [0.29, 0.717) is 11.3 Å². The van der Waals surface area contributed by atoms with E-state index < -0.39 is 21.7 Å². The van der Waals surface area contributed by atoms with Gasteiger partial charge in [0, 0.05) is 0 Å². The van der Waals surface area contributed by atoms with Crippen LogP contribution in [0.3, 0.4) is 0 Å². The van der Waals surface area contributed by atoms with Crippen LogP contribution in [0.4, 0.5) is 0 Å². The van der Waals surface area contributed by atoms with Crippen LogP contribution in [0.15, 0.2) is 30.5 Å². The molecule has 136 valence electrons. The Bertz CT molecular complexity index is 979. The molecule has 0 saturated carbocycles. The topological polar surface area (TPSA) is 80.6 Å². The van der Waals surface area contributed by atoms with E-state index in [4.69, 9.17) is 5.73 Å². The van der Waals surface area contributed by atoms with Crippen LogP contribution < -0.4 is 10.1 Å². The number of aliphatic hydroxyl groups is 1. The van der Waals surface area contributed by atoms with Gasteiger partial charge in [0.25, 0.3) is 0 Å². The molecule has 0 fully saturated rings. The van der Waals surface area contributed by atoms with Crippen LogP contribution in [0.1, 0.15) is 45.4 Å². The normalized spacial score (nSPS) is 11.7. The zero-order valence-electron chi connectivity index (χ0n) is 15.3. The monoisotopic (exact) mass is 413 g/mol. The molecule has 0 saturated heterocycles. The third-order valence-corrected chi connectivity index (χ3v) is 7.48. The van der Waals surface area contributed by atoms with Crippen molar-refractivity contribution in [3.63, 3.8) is 0 Å². The van der Waals surface area contributed by atoms with Gasteiger partial charge in [-0.1, -0.05) is 0 Å². The minimum absolute atomic E-state index is 0.119. The van der Waals surface area contributed by atoms with Crippen molar-refractivity contribution in [2.45, 2.75) is 39.0 Å². The van der Waals surface area contributed by atoms with E-state index in [9.17, 15) is 9.90 Å². The summed E-state index contributed by atoms with van der Waals surface area (Å²) in [5.74, 6) is -0.458. The number of aliphatic hydroxyl groups excluding tert-OH is 1. The number of imidazole rings is 1. The molecular formula is C20H24AsN3O2. The van der Waals surface area contributed by atoms with E-state index in [0.717, 1.165) is 27.3 Å². The number of rotatable bonds is 6. The number of nitrogens with two attached hydrogens (primary N) is 1. The van der Waals surface area contributed by atoms with Crippen molar-refractivity contribution < 1.29 is 9.90 Å². The van der Waals surface area contributed by atoms with Crippen molar-refractivity contribution in [3.8, 4) is 0 Å². The molecule has 3 rings (SSSR count). The summed E-state index contributed by atoms with van der Waals surface area (Å²) < 4.78 is 2.92. The van der Waals surface area contributed by atoms with Crippen molar-refractivity contribution in [1.29, 1.82) is 0 Å². The number of nitrogens with zero attached hydrogens (tertiary/aromatic N) is 2. The van der Waals surface area contributed by atoms with Crippen LogP contribution in [0.25, 0.3) is 5.65 Å². The van der Waals surface area contributed by atoms with Gasteiger partial charge in [0.2, 0.25) is 0 Å². The summed E-state index contributed by atoms with van der Waals surface area (Å²) in [4.78, 5) is 16.4. The second-order valence-electron chi connectivity index (χ2n) is 6.42. The molecule has 1 unspecified atom stereocenters. The Labute approximate surface area is 159 Å². The standard InChI is InChI=1S/C20H24AsN3O2/c1-4-14-7-5-6-12(2)16(14)9-21-17-8-15(19(22)26)10-24-18(11-25)13(3)23-20(17)24/h5-8,10,21,25H,4,9,11H2,1-3H3,(H2,22,26). The van der Waals surface area contributed by atoms with Crippen LogP contribution in [0, 0.1) is 13.8 Å². The van der Waals surface area contributed by atoms with E-state index in [2.05, 4.69) is 37.0 Å². The third kappa shape index (κ3) is 3.42. The second-order valence-corrected chi connectivity index (χ2v) is 9.04. The predicted octanol–water partition coefficient (Wildman–Crippen LogP) is 1.37. The molecule has 0 aliphatic heterocycles. The van der Waals surface area contributed by atoms with Crippen LogP contribution in [-0.2, 0) is 18.2 Å². The fourth-order valence-electron chi connectivity index (χ4n) is 3.29. The maximum absolute atomic E-state index is 11.8. The number of primary amides is 1. The number of carbonyl (C=O) groups excluding carboxylic acids is 1. The number of aryl methyl sites for hydroxylation is 3. The summed E-state index contributed by atoms with van der Waals surface area (Å²) in [5, 5.41) is 10.7. The van der Waals surface area contributed by atoms with E-state index in [1.165, 1.54) is 16.7 Å². The van der Waals surface area contributed by atoms with Crippen molar-refractivity contribution in [2.75, 3.05) is 0 Å². The Morgan fingerprint density at radius 1 is 1.35 bits per heavy atom. The Morgan fingerprint density at radius 2 is 2.12 bits per heavy atom. The zero-order chi connectivity index (χ0) is 18.8. The molecule has 0 spiro atoms. The van der Waals surface area contributed by atoms with Gasteiger partial charge in [-0.25, -0.2) is 0 Å². The molecular weight excluding hydrogens is 389 g/mol. The Hall–Kier alpha value is -2.10. The Balaban J connectivity index is 2.06. The first-order valence-electron chi connectivity index (χ1n) is 8.69. The van der Waals surface area contributed by atoms with Crippen LogP contribution in [-0.4, -0.2) is 36.2 Å². The SMILES string of the molecule is CCc1cccc(C)c1C[AsH]c1cc(C(N)=O)cn2c(CO)c(C)nc12. The summed E-state index contributed by atoms with van der Waals surface area (Å²) in [7, 11) is 0. The van der Waals surface area contributed by atoms with E-state index in [1.54, 1.807) is 6.20 Å². The molecule has 2 aromatic heterocycles. The van der Waals surface area contributed by atoms with E-state index in [1.807, 2.05) is 17.4 Å². The number of pyridine rings is 1. The van der Waals surface area contributed by atoms with Crippen LogP contribution in [0.5, 0.6) is 0 Å². The van der Waals surface area contributed by atoms with Crippen molar-refractivity contribution >= 4 is 31.7 Å². The van der Waals surface area contributed by atoms with Gasteiger partial charge in [0.1, 0.15) is 0 Å². The first-order chi connectivity index (χ1) is 12.5. The molecule has 0 radical (unpaired) electrons. The average molecular weight is 413 g/mol. The van der Waals surface area contributed by atoms with Gasteiger partial charge < -0.3 is 0 Å². The van der Waals surface area contributed by atoms with Gasteiger partial charge >= 0.3 is 160 Å². The summed E-state index contributed by atoms with van der Waals surface area (Å²) in [6, 6.07) is 8.33. The molecule has 6 heteroatoms. The molecule has 3 N–H and O–H groups in total. The molecule has 2 heterocycles. The number of carbonyl (C=O) groups is 1. The minimum atomic E-state index is -0.573. The van der Waals surface area contributed by atoms with Gasteiger partial charge in [0.15, 0.2) is 0 Å². The second kappa shape index (κ2) is 7.65. The fourth-order valence-corrected chi connectivity index (χ4v) is 6.37. The molecule has 1 aromatic carbocycles. The van der Waals surface area contributed by atoms with Gasteiger partial charge in [0.05, 0.1) is 0 Å². The first-order valence-corrected chi connectivity index (χ1v) is 11.2. The number of benzene rings is 1. The number of hydrogen-bond acceptors (Lipinski definition) is 3. The number of amides is 1. The van der Waals surface area contributed by atoms with Gasteiger partial charge in [-0.2, -0.15) is 0 Å².